The summed E-state index contributed by atoms with van der Waals surface area (Å²) in [5, 5.41) is 4.51. The molecule has 0 amide bonds. The number of H-pyrrole nitrogens is 1. The average Bonchev–Trinajstić information content (AvgIpc) is 3.11. The summed E-state index contributed by atoms with van der Waals surface area (Å²) in [4.78, 5) is 13.0. The van der Waals surface area contributed by atoms with Crippen molar-refractivity contribution in [1.29, 1.82) is 0 Å². The van der Waals surface area contributed by atoms with Crippen LogP contribution in [0.2, 0.25) is 5.02 Å². The smallest absolute Gasteiger partial charge is 0.279 e. The first kappa shape index (κ1) is 19.0. The molecule has 0 atom stereocenters. The fourth-order valence-electron chi connectivity index (χ4n) is 3.54. The predicted molar refractivity (Wildman–Crippen MR) is 115 cm³/mol. The monoisotopic (exact) mass is 407 g/mol. The highest BCUT2D eigenvalue weighted by Gasteiger charge is 2.11. The first-order valence-corrected chi connectivity index (χ1v) is 9.45. The fourth-order valence-corrected chi connectivity index (χ4v) is 3.73. The highest BCUT2D eigenvalue weighted by molar-refractivity contribution is 6.30. The van der Waals surface area contributed by atoms with Crippen LogP contribution in [-0.2, 0) is 0 Å². The van der Waals surface area contributed by atoms with Gasteiger partial charge in [0, 0.05) is 22.1 Å². The highest BCUT2D eigenvalue weighted by atomic mass is 35.5. The normalized spacial score (nSPS) is 11.9. The van der Waals surface area contributed by atoms with E-state index < -0.39 is 0 Å². The molecule has 4 nitrogen and oxygen atoms in total. The van der Waals surface area contributed by atoms with Crippen LogP contribution in [0.25, 0.3) is 24.0 Å². The zero-order chi connectivity index (χ0) is 20.7. The van der Waals surface area contributed by atoms with Crippen LogP contribution >= 0.6 is 11.6 Å². The lowest BCUT2D eigenvalue weighted by atomic mass is 10.2. The van der Waals surface area contributed by atoms with Gasteiger partial charge in [-0.2, -0.15) is 0 Å². The van der Waals surface area contributed by atoms with Gasteiger partial charge in [-0.3, -0.25) is 9.89 Å². The second kappa shape index (κ2) is 7.26. The first-order chi connectivity index (χ1) is 13.8. The van der Waals surface area contributed by atoms with Gasteiger partial charge in [-0.05, 0) is 68.0 Å². The molecule has 0 saturated carbocycles. The number of benzene rings is 2. The Morgan fingerprint density at radius 3 is 2.52 bits per heavy atom. The van der Waals surface area contributed by atoms with Crippen molar-refractivity contribution in [3.05, 3.63) is 103 Å². The standard InChI is InChI=1S/C23H19ClFN3O/c1-14-10-17(16(3)27(14)20-8-5-7-19(25)13-20)11-22-15(2)26-28(23(22)29)21-9-4-6-18(24)12-21/h4-13,26H,2H2,1,3H3/b22-11+. The van der Waals surface area contributed by atoms with E-state index >= 15 is 0 Å². The van der Waals surface area contributed by atoms with Crippen molar-refractivity contribution < 1.29 is 4.39 Å². The van der Waals surface area contributed by atoms with Crippen LogP contribution in [0.1, 0.15) is 17.0 Å². The van der Waals surface area contributed by atoms with Gasteiger partial charge >= 0.3 is 0 Å². The molecule has 146 valence electrons. The lowest BCUT2D eigenvalue weighted by molar-refractivity contribution is 0.626. The van der Waals surface area contributed by atoms with E-state index in [1.807, 2.05) is 30.5 Å². The van der Waals surface area contributed by atoms with Crippen molar-refractivity contribution in [2.24, 2.45) is 0 Å². The molecule has 1 N–H and O–H groups in total. The van der Waals surface area contributed by atoms with Crippen molar-refractivity contribution in [3.63, 3.8) is 0 Å². The molecule has 4 aromatic rings. The van der Waals surface area contributed by atoms with E-state index in [4.69, 9.17) is 11.6 Å². The van der Waals surface area contributed by atoms with Crippen LogP contribution in [0.4, 0.5) is 4.39 Å². The van der Waals surface area contributed by atoms with E-state index in [2.05, 4.69) is 11.7 Å². The summed E-state index contributed by atoms with van der Waals surface area (Å²) in [6.07, 6.45) is 1.81. The first-order valence-electron chi connectivity index (χ1n) is 9.07. The van der Waals surface area contributed by atoms with Crippen molar-refractivity contribution in [1.82, 2.24) is 14.3 Å². The van der Waals surface area contributed by atoms with Crippen LogP contribution in [-0.4, -0.2) is 14.3 Å². The summed E-state index contributed by atoms with van der Waals surface area (Å²) < 4.78 is 17.1. The van der Waals surface area contributed by atoms with Crippen molar-refractivity contribution in [2.45, 2.75) is 13.8 Å². The van der Waals surface area contributed by atoms with Crippen molar-refractivity contribution >= 4 is 24.3 Å². The van der Waals surface area contributed by atoms with Crippen molar-refractivity contribution in [3.8, 4) is 11.4 Å². The van der Waals surface area contributed by atoms with E-state index in [0.717, 1.165) is 22.6 Å². The number of hydrogen-bond acceptors (Lipinski definition) is 1. The van der Waals surface area contributed by atoms with Gasteiger partial charge in [0.25, 0.3) is 5.56 Å². The number of aromatic amines is 1. The van der Waals surface area contributed by atoms with Gasteiger partial charge in [0.2, 0.25) is 0 Å². The number of halogens is 2. The SMILES string of the molecule is C=c1[nH]n(-c2cccc(Cl)c2)c(=O)/c1=C/c1cc(C)n(-c2cccc(F)c2)c1C. The zero-order valence-electron chi connectivity index (χ0n) is 16.0. The van der Waals surface area contributed by atoms with Crippen molar-refractivity contribution in [2.75, 3.05) is 0 Å². The Morgan fingerprint density at radius 2 is 1.79 bits per heavy atom. The Kier molecular flexibility index (Phi) is 4.76. The minimum Gasteiger partial charge on any atom is -0.318 e. The number of hydrogen-bond donors (Lipinski definition) is 1. The molecule has 0 radical (unpaired) electrons. The molecule has 0 bridgehead atoms. The summed E-state index contributed by atoms with van der Waals surface area (Å²) in [7, 11) is 0. The van der Waals surface area contributed by atoms with Crippen LogP contribution < -0.4 is 16.1 Å². The van der Waals surface area contributed by atoms with E-state index in [9.17, 15) is 9.18 Å². The lowest BCUT2D eigenvalue weighted by Crippen LogP contribution is -2.34. The van der Waals surface area contributed by atoms with Crippen LogP contribution in [0.5, 0.6) is 0 Å². The maximum Gasteiger partial charge on any atom is 0.279 e. The number of nitrogens with zero attached hydrogens (tertiary/aromatic N) is 2. The third-order valence-electron chi connectivity index (χ3n) is 4.91. The van der Waals surface area contributed by atoms with Crippen LogP contribution in [0, 0.1) is 19.7 Å². The van der Waals surface area contributed by atoms with Gasteiger partial charge < -0.3 is 4.57 Å². The highest BCUT2D eigenvalue weighted by Crippen LogP contribution is 2.21. The molecular weight excluding hydrogens is 389 g/mol. The molecule has 0 aliphatic heterocycles. The summed E-state index contributed by atoms with van der Waals surface area (Å²) in [6.45, 7) is 7.86. The van der Waals surface area contributed by atoms with Crippen LogP contribution in [0.15, 0.2) is 59.4 Å². The van der Waals surface area contributed by atoms with Gasteiger partial charge in [0.15, 0.2) is 0 Å². The average molecular weight is 408 g/mol. The minimum atomic E-state index is -0.296. The molecule has 2 aromatic heterocycles. The molecule has 0 unspecified atom stereocenters. The summed E-state index contributed by atoms with van der Waals surface area (Å²) in [5.74, 6) is -0.296. The maximum absolute atomic E-state index is 13.7. The zero-order valence-corrected chi connectivity index (χ0v) is 16.8. The molecule has 2 aromatic carbocycles. The molecule has 2 heterocycles. The van der Waals surface area contributed by atoms with Gasteiger partial charge in [0.05, 0.1) is 16.3 Å². The van der Waals surface area contributed by atoms with E-state index in [-0.39, 0.29) is 11.4 Å². The molecule has 0 saturated heterocycles. The molecule has 4 rings (SSSR count). The largest absolute Gasteiger partial charge is 0.318 e. The Bertz CT molecular complexity index is 1390. The third kappa shape index (κ3) is 3.45. The summed E-state index contributed by atoms with van der Waals surface area (Å²) in [6, 6.07) is 15.4. The Morgan fingerprint density at radius 1 is 1.07 bits per heavy atom. The second-order valence-corrected chi connectivity index (χ2v) is 7.35. The number of aryl methyl sites for hydroxylation is 1. The Balaban J connectivity index is 1.88. The summed E-state index contributed by atoms with van der Waals surface area (Å²) in [5.41, 5.74) is 3.87. The van der Waals surface area contributed by atoms with Gasteiger partial charge in [-0.25, -0.2) is 9.07 Å². The van der Waals surface area contributed by atoms with E-state index in [0.29, 0.717) is 21.3 Å². The molecule has 0 aliphatic rings. The fraction of sp³-hybridized carbons (Fsp3) is 0.0870. The number of aromatic nitrogens is 3. The number of rotatable bonds is 3. The molecular formula is C23H19ClFN3O. The quantitative estimate of drug-likeness (QED) is 0.554. The molecule has 6 heteroatoms. The molecule has 0 aliphatic carbocycles. The lowest BCUT2D eigenvalue weighted by Gasteiger charge is -2.09. The minimum absolute atomic E-state index is 0.215. The molecule has 0 fully saturated rings. The van der Waals surface area contributed by atoms with Crippen LogP contribution in [0.3, 0.4) is 0 Å². The summed E-state index contributed by atoms with van der Waals surface area (Å²) >= 11 is 6.05. The third-order valence-corrected chi connectivity index (χ3v) is 5.14. The maximum atomic E-state index is 13.7. The van der Waals surface area contributed by atoms with Gasteiger partial charge in [-0.1, -0.05) is 30.3 Å². The van der Waals surface area contributed by atoms with Gasteiger partial charge in [0.1, 0.15) is 5.82 Å². The molecule has 29 heavy (non-hydrogen) atoms. The second-order valence-electron chi connectivity index (χ2n) is 6.91. The predicted octanol–water partition coefficient (Wildman–Crippen LogP) is 3.60. The van der Waals surface area contributed by atoms with E-state index in [1.54, 1.807) is 36.4 Å². The Labute approximate surface area is 171 Å². The van der Waals surface area contributed by atoms with E-state index in [1.165, 1.54) is 16.8 Å². The topological polar surface area (TPSA) is 42.7 Å². The molecule has 0 spiro atoms. The Hall–Kier alpha value is -3.31. The van der Waals surface area contributed by atoms with Gasteiger partial charge in [-0.15, -0.1) is 0 Å². The number of nitrogens with one attached hydrogen (secondary N) is 1.